The summed E-state index contributed by atoms with van der Waals surface area (Å²) in [5, 5.41) is 1.35. The SMILES string of the molecule is CCOCC#CCNN(C(C)=O)c1cc(F)c2c(c1)CCCS2. The Morgan fingerprint density at radius 3 is 3.04 bits per heavy atom. The van der Waals surface area contributed by atoms with E-state index >= 15 is 0 Å². The van der Waals surface area contributed by atoms with Crippen LogP contribution in [0.1, 0.15) is 25.8 Å². The van der Waals surface area contributed by atoms with Crippen LogP contribution in [-0.4, -0.2) is 31.4 Å². The zero-order valence-electron chi connectivity index (χ0n) is 13.4. The largest absolute Gasteiger partial charge is 0.369 e. The highest BCUT2D eigenvalue weighted by molar-refractivity contribution is 7.99. The fourth-order valence-corrected chi connectivity index (χ4v) is 3.35. The van der Waals surface area contributed by atoms with Crippen LogP contribution < -0.4 is 10.4 Å². The van der Waals surface area contributed by atoms with Gasteiger partial charge in [0.25, 0.3) is 0 Å². The van der Waals surface area contributed by atoms with Gasteiger partial charge in [-0.1, -0.05) is 11.8 Å². The topological polar surface area (TPSA) is 41.6 Å². The van der Waals surface area contributed by atoms with E-state index in [1.165, 1.54) is 29.8 Å². The number of hydrogen-bond acceptors (Lipinski definition) is 4. The van der Waals surface area contributed by atoms with E-state index < -0.39 is 0 Å². The van der Waals surface area contributed by atoms with Gasteiger partial charge in [-0.2, -0.15) is 0 Å². The van der Waals surface area contributed by atoms with Gasteiger partial charge >= 0.3 is 0 Å². The molecule has 2 rings (SSSR count). The zero-order chi connectivity index (χ0) is 16.7. The lowest BCUT2D eigenvalue weighted by Gasteiger charge is -2.24. The molecule has 0 aromatic heterocycles. The van der Waals surface area contributed by atoms with Crippen molar-refractivity contribution in [3.05, 3.63) is 23.5 Å². The van der Waals surface area contributed by atoms with E-state index in [2.05, 4.69) is 17.3 Å². The Hall–Kier alpha value is -1.55. The van der Waals surface area contributed by atoms with Gasteiger partial charge in [-0.25, -0.2) is 14.8 Å². The lowest BCUT2D eigenvalue weighted by Crippen LogP contribution is -2.42. The van der Waals surface area contributed by atoms with Crippen LogP contribution in [0.5, 0.6) is 0 Å². The molecule has 1 heterocycles. The average Bonchev–Trinajstić information content (AvgIpc) is 2.54. The molecule has 0 saturated heterocycles. The Morgan fingerprint density at radius 1 is 1.48 bits per heavy atom. The number of hydrogen-bond donors (Lipinski definition) is 1. The van der Waals surface area contributed by atoms with E-state index in [-0.39, 0.29) is 11.7 Å². The lowest BCUT2D eigenvalue weighted by atomic mass is 10.1. The number of halogens is 1. The summed E-state index contributed by atoms with van der Waals surface area (Å²) in [6.07, 6.45) is 1.87. The van der Waals surface area contributed by atoms with E-state index in [0.717, 1.165) is 24.2 Å². The van der Waals surface area contributed by atoms with Crippen molar-refractivity contribution in [2.45, 2.75) is 31.6 Å². The van der Waals surface area contributed by atoms with E-state index in [4.69, 9.17) is 4.74 Å². The van der Waals surface area contributed by atoms with E-state index in [1.54, 1.807) is 0 Å². The monoisotopic (exact) mass is 336 g/mol. The first-order chi connectivity index (χ1) is 11.1. The number of amides is 1. The van der Waals surface area contributed by atoms with Gasteiger partial charge < -0.3 is 4.74 Å². The third kappa shape index (κ3) is 4.96. The van der Waals surface area contributed by atoms with Crippen molar-refractivity contribution in [3.8, 4) is 11.8 Å². The second-order valence-corrected chi connectivity index (χ2v) is 6.15. The predicted molar refractivity (Wildman–Crippen MR) is 90.9 cm³/mol. The van der Waals surface area contributed by atoms with Crippen molar-refractivity contribution in [3.63, 3.8) is 0 Å². The standard InChI is InChI=1S/C17H21FN2O2S/c1-3-22-9-5-4-8-19-20(13(2)21)15-11-14-7-6-10-23-17(14)16(18)12-15/h11-12,19H,3,6-10H2,1-2H3. The normalized spacial score (nSPS) is 13.0. The summed E-state index contributed by atoms with van der Waals surface area (Å²) in [7, 11) is 0. The molecule has 0 bridgehead atoms. The number of rotatable bonds is 5. The van der Waals surface area contributed by atoms with Crippen molar-refractivity contribution in [2.24, 2.45) is 0 Å². The minimum absolute atomic E-state index is 0.209. The summed E-state index contributed by atoms with van der Waals surface area (Å²) in [5.74, 6) is 6.18. The van der Waals surface area contributed by atoms with Crippen LogP contribution in [0.15, 0.2) is 17.0 Å². The molecule has 124 valence electrons. The number of aryl methyl sites for hydroxylation is 1. The Labute approximate surface area is 140 Å². The number of nitrogens with one attached hydrogen (secondary N) is 1. The summed E-state index contributed by atoms with van der Waals surface area (Å²) in [6, 6.07) is 3.28. The predicted octanol–water partition coefficient (Wildman–Crippen LogP) is 2.76. The number of thioether (sulfide) groups is 1. The molecule has 1 aliphatic heterocycles. The van der Waals surface area contributed by atoms with Crippen molar-refractivity contribution in [1.82, 2.24) is 5.43 Å². The molecule has 0 fully saturated rings. The Bertz CT molecular complexity index is 625. The number of hydrazine groups is 1. The quantitative estimate of drug-likeness (QED) is 0.510. The first-order valence-corrected chi connectivity index (χ1v) is 8.65. The zero-order valence-corrected chi connectivity index (χ0v) is 14.3. The average molecular weight is 336 g/mol. The number of carbonyl (C=O) groups is 1. The molecule has 1 amide bonds. The molecular formula is C17H21FN2O2S. The smallest absolute Gasteiger partial charge is 0.238 e. The highest BCUT2D eigenvalue weighted by Gasteiger charge is 2.19. The van der Waals surface area contributed by atoms with Gasteiger partial charge in [0.05, 0.1) is 12.2 Å². The van der Waals surface area contributed by atoms with Gasteiger partial charge in [-0.05, 0) is 37.1 Å². The number of fused-ring (bicyclic) bond motifs is 1. The molecule has 0 aliphatic carbocycles. The van der Waals surface area contributed by atoms with Gasteiger partial charge in [0, 0.05) is 24.5 Å². The Morgan fingerprint density at radius 2 is 2.30 bits per heavy atom. The molecule has 1 aliphatic rings. The van der Waals surface area contributed by atoms with Crippen molar-refractivity contribution < 1.29 is 13.9 Å². The minimum Gasteiger partial charge on any atom is -0.369 e. The molecule has 0 saturated carbocycles. The molecule has 1 aromatic rings. The van der Waals surface area contributed by atoms with E-state index in [1.807, 2.05) is 13.0 Å². The van der Waals surface area contributed by atoms with Crippen molar-refractivity contribution in [1.29, 1.82) is 0 Å². The van der Waals surface area contributed by atoms with Crippen LogP contribution >= 0.6 is 11.8 Å². The number of carbonyl (C=O) groups excluding carboxylic acids is 1. The summed E-state index contributed by atoms with van der Waals surface area (Å²) in [6.45, 7) is 4.62. The fraction of sp³-hybridized carbons (Fsp3) is 0.471. The molecule has 0 atom stereocenters. The van der Waals surface area contributed by atoms with Crippen LogP contribution in [0, 0.1) is 17.7 Å². The highest BCUT2D eigenvalue weighted by atomic mass is 32.2. The van der Waals surface area contributed by atoms with Crippen LogP contribution in [0.2, 0.25) is 0 Å². The lowest BCUT2D eigenvalue weighted by molar-refractivity contribution is -0.117. The molecule has 4 nitrogen and oxygen atoms in total. The second kappa shape index (κ2) is 8.92. The van der Waals surface area contributed by atoms with Crippen LogP contribution in [0.3, 0.4) is 0 Å². The second-order valence-electron chi connectivity index (χ2n) is 5.05. The van der Waals surface area contributed by atoms with Gasteiger partial charge in [0.15, 0.2) is 0 Å². The minimum atomic E-state index is -0.266. The number of anilines is 1. The molecule has 1 aromatic carbocycles. The molecule has 0 spiro atoms. The molecular weight excluding hydrogens is 315 g/mol. The maximum Gasteiger partial charge on any atom is 0.238 e. The molecule has 0 radical (unpaired) electrons. The third-order valence-corrected chi connectivity index (χ3v) is 4.58. The summed E-state index contributed by atoms with van der Waals surface area (Å²) < 4.78 is 19.4. The Balaban J connectivity index is 2.09. The first kappa shape index (κ1) is 17.8. The van der Waals surface area contributed by atoms with Crippen LogP contribution in [0.4, 0.5) is 10.1 Å². The molecule has 23 heavy (non-hydrogen) atoms. The van der Waals surface area contributed by atoms with Gasteiger partial charge in [0.1, 0.15) is 12.4 Å². The van der Waals surface area contributed by atoms with Crippen molar-refractivity contribution in [2.75, 3.05) is 30.5 Å². The van der Waals surface area contributed by atoms with Crippen LogP contribution in [0.25, 0.3) is 0 Å². The van der Waals surface area contributed by atoms with Gasteiger partial charge in [0.2, 0.25) is 5.91 Å². The maximum absolute atomic E-state index is 14.3. The molecule has 6 heteroatoms. The molecule has 1 N–H and O–H groups in total. The van der Waals surface area contributed by atoms with E-state index in [0.29, 0.717) is 30.3 Å². The third-order valence-electron chi connectivity index (χ3n) is 3.34. The molecule has 0 unspecified atom stereocenters. The highest BCUT2D eigenvalue weighted by Crippen LogP contribution is 2.35. The summed E-state index contributed by atoms with van der Waals surface area (Å²) in [4.78, 5) is 12.6. The van der Waals surface area contributed by atoms with Gasteiger partial charge in [-0.15, -0.1) is 11.8 Å². The first-order valence-electron chi connectivity index (χ1n) is 7.66. The summed E-state index contributed by atoms with van der Waals surface area (Å²) >= 11 is 1.54. The van der Waals surface area contributed by atoms with Crippen molar-refractivity contribution >= 4 is 23.4 Å². The van der Waals surface area contributed by atoms with E-state index in [9.17, 15) is 9.18 Å². The van der Waals surface area contributed by atoms with Crippen LogP contribution in [-0.2, 0) is 16.0 Å². The number of ether oxygens (including phenoxy) is 1. The number of benzene rings is 1. The summed E-state index contributed by atoms with van der Waals surface area (Å²) in [5.41, 5.74) is 4.41. The Kier molecular flexibility index (Phi) is 6.90. The fourth-order valence-electron chi connectivity index (χ4n) is 2.32. The van der Waals surface area contributed by atoms with Gasteiger partial charge in [-0.3, -0.25) is 4.79 Å². The number of nitrogens with zero attached hydrogens (tertiary/aromatic N) is 1. The maximum atomic E-state index is 14.3.